The van der Waals surface area contributed by atoms with Gasteiger partial charge in [-0.05, 0) is 79.3 Å². The summed E-state index contributed by atoms with van der Waals surface area (Å²) in [5, 5.41) is 29.5. The second-order valence-electron chi connectivity index (χ2n) is 9.94. The molecule has 3 fully saturated rings. The van der Waals surface area contributed by atoms with Gasteiger partial charge in [0.2, 0.25) is 0 Å². The summed E-state index contributed by atoms with van der Waals surface area (Å²) >= 11 is 0. The molecular weight excluding hydrogens is 380 g/mol. The molecule has 0 aromatic rings. The zero-order chi connectivity index (χ0) is 22.1. The Morgan fingerprint density at radius 3 is 2.73 bits per heavy atom. The zero-order valence-electron chi connectivity index (χ0n) is 18.6. The van der Waals surface area contributed by atoms with Crippen LogP contribution in [-0.4, -0.2) is 46.7 Å². The summed E-state index contributed by atoms with van der Waals surface area (Å²) in [7, 11) is 1.48. The molecule has 0 aromatic heterocycles. The number of rotatable bonds is 6. The first-order chi connectivity index (χ1) is 14.2. The molecule has 3 N–H and O–H groups in total. The fourth-order valence-corrected chi connectivity index (χ4v) is 6.48. The van der Waals surface area contributed by atoms with Crippen molar-refractivity contribution in [1.82, 2.24) is 0 Å². The largest absolute Gasteiger partial charge is 0.479 e. The summed E-state index contributed by atoms with van der Waals surface area (Å²) in [6.07, 6.45) is 9.51. The minimum absolute atomic E-state index is 0.182. The molecule has 1 unspecified atom stereocenters. The van der Waals surface area contributed by atoms with Gasteiger partial charge in [-0.1, -0.05) is 38.2 Å². The summed E-state index contributed by atoms with van der Waals surface area (Å²) in [6.45, 7) is 8.59. The summed E-state index contributed by atoms with van der Waals surface area (Å²) in [5.41, 5.74) is 3.32. The van der Waals surface area contributed by atoms with Crippen molar-refractivity contribution in [1.29, 1.82) is 0 Å². The van der Waals surface area contributed by atoms with E-state index < -0.39 is 24.3 Å². The van der Waals surface area contributed by atoms with Gasteiger partial charge >= 0.3 is 5.97 Å². The second kappa shape index (κ2) is 9.37. The zero-order valence-corrected chi connectivity index (χ0v) is 18.6. The third kappa shape index (κ3) is 4.58. The van der Waals surface area contributed by atoms with Gasteiger partial charge in [-0.15, -0.1) is 0 Å². The van der Waals surface area contributed by atoms with Crippen LogP contribution in [0.25, 0.3) is 0 Å². The molecule has 0 radical (unpaired) electrons. The van der Waals surface area contributed by atoms with E-state index in [9.17, 15) is 20.1 Å². The molecule has 5 nitrogen and oxygen atoms in total. The van der Waals surface area contributed by atoms with E-state index >= 15 is 0 Å². The van der Waals surface area contributed by atoms with Crippen molar-refractivity contribution >= 4 is 5.97 Å². The highest BCUT2D eigenvalue weighted by Gasteiger charge is 2.51. The van der Waals surface area contributed by atoms with Crippen LogP contribution >= 0.6 is 0 Å². The van der Waals surface area contributed by atoms with Gasteiger partial charge in [0, 0.05) is 13.5 Å². The van der Waals surface area contributed by atoms with Gasteiger partial charge in [0.15, 0.2) is 6.10 Å². The maximum absolute atomic E-state index is 11.4. The Balaban J connectivity index is 1.77. The number of carboxylic acids is 1. The summed E-state index contributed by atoms with van der Waals surface area (Å²) in [5.74, 6) is 0.413. The van der Waals surface area contributed by atoms with E-state index in [-0.39, 0.29) is 5.41 Å². The fraction of sp³-hybridized carbons (Fsp3) is 0.720. The number of carboxylic acid groups (broad SMARTS) is 1. The van der Waals surface area contributed by atoms with Crippen LogP contribution in [0.5, 0.6) is 0 Å². The number of aliphatic hydroxyl groups excluding tert-OH is 2. The SMILES string of the molecule is C=C1C(=CC=C2CCC[C@]3(C)[C@@H]([C@H](C)CC(OC)C(=O)O)CC[C@@H]23)C[C@H](O)C[C@H]1O. The smallest absolute Gasteiger partial charge is 0.332 e. The van der Waals surface area contributed by atoms with Gasteiger partial charge in [-0.3, -0.25) is 0 Å². The Labute approximate surface area is 180 Å². The van der Waals surface area contributed by atoms with Crippen LogP contribution in [0.4, 0.5) is 0 Å². The lowest BCUT2D eigenvalue weighted by Gasteiger charge is -2.44. The van der Waals surface area contributed by atoms with E-state index in [2.05, 4.69) is 32.6 Å². The number of carbonyl (C=O) groups is 1. The maximum Gasteiger partial charge on any atom is 0.332 e. The molecule has 168 valence electrons. The quantitative estimate of drug-likeness (QED) is 0.600. The molecule has 0 spiro atoms. The van der Waals surface area contributed by atoms with E-state index in [4.69, 9.17) is 4.74 Å². The lowest BCUT2D eigenvalue weighted by atomic mass is 9.60. The number of fused-ring (bicyclic) bond motifs is 1. The van der Waals surface area contributed by atoms with Crippen LogP contribution in [0.1, 0.15) is 65.2 Å². The van der Waals surface area contributed by atoms with Crippen LogP contribution in [-0.2, 0) is 9.53 Å². The topological polar surface area (TPSA) is 87.0 Å². The lowest BCUT2D eigenvalue weighted by Crippen LogP contribution is -2.37. The van der Waals surface area contributed by atoms with Crippen LogP contribution < -0.4 is 0 Å². The van der Waals surface area contributed by atoms with Crippen LogP contribution in [0, 0.1) is 23.2 Å². The third-order valence-electron chi connectivity index (χ3n) is 8.13. The molecule has 0 bridgehead atoms. The number of methoxy groups -OCH3 is 1. The molecule has 0 aromatic carbocycles. The first-order valence-corrected chi connectivity index (χ1v) is 11.4. The van der Waals surface area contributed by atoms with E-state index in [0.717, 1.165) is 36.8 Å². The predicted octanol–water partition coefficient (Wildman–Crippen LogP) is 4.25. The van der Waals surface area contributed by atoms with E-state index in [1.807, 2.05) is 0 Å². The van der Waals surface area contributed by atoms with Crippen molar-refractivity contribution in [3.05, 3.63) is 35.5 Å². The van der Waals surface area contributed by atoms with Crippen LogP contribution in [0.2, 0.25) is 0 Å². The van der Waals surface area contributed by atoms with Crippen molar-refractivity contribution in [2.45, 2.75) is 83.5 Å². The Kier molecular flexibility index (Phi) is 7.26. The van der Waals surface area contributed by atoms with Gasteiger partial charge < -0.3 is 20.1 Å². The molecule has 3 rings (SSSR count). The summed E-state index contributed by atoms with van der Waals surface area (Å²) < 4.78 is 5.20. The highest BCUT2D eigenvalue weighted by Crippen LogP contribution is 2.59. The Hall–Kier alpha value is -1.43. The second-order valence-corrected chi connectivity index (χ2v) is 9.94. The monoisotopic (exact) mass is 418 g/mol. The third-order valence-corrected chi connectivity index (χ3v) is 8.13. The first kappa shape index (κ1) is 23.2. The van der Waals surface area contributed by atoms with Gasteiger partial charge in [-0.2, -0.15) is 0 Å². The molecular formula is C25H38O5. The van der Waals surface area contributed by atoms with Gasteiger partial charge in [0.25, 0.3) is 0 Å². The molecule has 0 saturated heterocycles. The van der Waals surface area contributed by atoms with E-state index in [1.165, 1.54) is 19.1 Å². The predicted molar refractivity (Wildman–Crippen MR) is 117 cm³/mol. The molecule has 0 amide bonds. The molecule has 30 heavy (non-hydrogen) atoms. The van der Waals surface area contributed by atoms with Crippen LogP contribution in [0.15, 0.2) is 35.5 Å². The standard InChI is InChI=1S/C25H38O5/c1-15(12-23(30-4)24(28)29)20-9-10-21-17(6-5-11-25(20,21)3)7-8-18-13-19(26)14-22(27)16(18)2/h7-8,15,19-23,26-27H,2,5-6,9-14H2,1,3-4H3,(H,28,29)/t15-,19+,20-,21+,22-,23?,25-/m1/s1. The molecule has 0 heterocycles. The molecule has 5 heteroatoms. The number of allylic oxidation sites excluding steroid dienone is 3. The minimum Gasteiger partial charge on any atom is -0.479 e. The van der Waals surface area contributed by atoms with E-state index in [0.29, 0.717) is 37.0 Å². The summed E-state index contributed by atoms with van der Waals surface area (Å²) in [6, 6.07) is 0. The first-order valence-electron chi connectivity index (χ1n) is 11.4. The van der Waals surface area contributed by atoms with Crippen molar-refractivity contribution in [2.24, 2.45) is 23.2 Å². The normalized spacial score (nSPS) is 39.2. The molecule has 7 atom stereocenters. The number of hydrogen-bond donors (Lipinski definition) is 3. The van der Waals surface area contributed by atoms with Crippen LogP contribution in [0.3, 0.4) is 0 Å². The highest BCUT2D eigenvalue weighted by atomic mass is 16.5. The molecule has 3 aliphatic carbocycles. The fourth-order valence-electron chi connectivity index (χ4n) is 6.48. The average molecular weight is 419 g/mol. The Bertz CT molecular complexity index is 723. The Morgan fingerprint density at radius 2 is 2.07 bits per heavy atom. The van der Waals surface area contributed by atoms with Crippen molar-refractivity contribution in [2.75, 3.05) is 7.11 Å². The molecule has 0 aliphatic heterocycles. The minimum atomic E-state index is -0.878. The van der Waals surface area contributed by atoms with Crippen molar-refractivity contribution in [3.63, 3.8) is 0 Å². The number of ether oxygens (including phenoxy) is 1. The van der Waals surface area contributed by atoms with Gasteiger partial charge in [0.1, 0.15) is 0 Å². The lowest BCUT2D eigenvalue weighted by molar-refractivity contribution is -0.150. The van der Waals surface area contributed by atoms with Crippen molar-refractivity contribution in [3.8, 4) is 0 Å². The average Bonchev–Trinajstić information content (AvgIpc) is 3.04. The van der Waals surface area contributed by atoms with E-state index in [1.54, 1.807) is 0 Å². The van der Waals surface area contributed by atoms with Gasteiger partial charge in [-0.25, -0.2) is 4.79 Å². The maximum atomic E-state index is 11.4. The highest BCUT2D eigenvalue weighted by molar-refractivity contribution is 5.72. The number of aliphatic hydroxyl groups is 2. The van der Waals surface area contributed by atoms with Crippen molar-refractivity contribution < 1.29 is 24.9 Å². The number of aliphatic carboxylic acids is 1. The van der Waals surface area contributed by atoms with Gasteiger partial charge in [0.05, 0.1) is 12.2 Å². The number of hydrogen-bond acceptors (Lipinski definition) is 4. The molecule has 3 aliphatic rings. The molecule has 3 saturated carbocycles. The Morgan fingerprint density at radius 1 is 1.33 bits per heavy atom. The summed E-state index contributed by atoms with van der Waals surface area (Å²) in [4.78, 5) is 11.4.